The lowest BCUT2D eigenvalue weighted by Crippen LogP contribution is -2.26. The van der Waals surface area contributed by atoms with Crippen LogP contribution in [-0.2, 0) is 20.9 Å². The first-order valence-electron chi connectivity index (χ1n) is 9.17. The Hall–Kier alpha value is -4.14. The van der Waals surface area contributed by atoms with Gasteiger partial charge in [0.1, 0.15) is 12.4 Å². The first kappa shape index (κ1) is 19.2. The quantitative estimate of drug-likeness (QED) is 0.492. The molecule has 2 heterocycles. The number of benzene rings is 2. The van der Waals surface area contributed by atoms with Crippen molar-refractivity contribution in [1.29, 1.82) is 0 Å². The normalized spacial score (nSPS) is 10.8. The Labute approximate surface area is 170 Å². The molecule has 0 radical (unpaired) electrons. The fourth-order valence-electron chi connectivity index (χ4n) is 3.02. The van der Waals surface area contributed by atoms with Gasteiger partial charge in [0.05, 0.1) is 16.9 Å². The molecule has 0 saturated carbocycles. The number of para-hydroxylation sites is 3. The molecule has 2 aromatic heterocycles. The van der Waals surface area contributed by atoms with E-state index < -0.39 is 24.2 Å². The molecule has 152 valence electrons. The standard InChI is InChI=1S/C21H18N4O5/c1-14-11-18(25(23-14)15-7-3-2-4-8-15)22-19(26)13-29-20(27)12-24-16-9-5-6-10-17(16)30-21(24)28/h2-11H,12-13H2,1H3,(H,22,26). The van der Waals surface area contributed by atoms with Gasteiger partial charge in [0.15, 0.2) is 12.2 Å². The molecule has 0 aliphatic heterocycles. The average Bonchev–Trinajstić information content (AvgIpc) is 3.26. The molecular weight excluding hydrogens is 388 g/mol. The zero-order chi connectivity index (χ0) is 21.1. The van der Waals surface area contributed by atoms with Crippen LogP contribution in [0.15, 0.2) is 69.9 Å². The van der Waals surface area contributed by atoms with Crippen molar-refractivity contribution in [2.24, 2.45) is 0 Å². The van der Waals surface area contributed by atoms with E-state index >= 15 is 0 Å². The van der Waals surface area contributed by atoms with Gasteiger partial charge in [-0.25, -0.2) is 9.48 Å². The first-order valence-corrected chi connectivity index (χ1v) is 9.17. The van der Waals surface area contributed by atoms with Crippen LogP contribution in [0.3, 0.4) is 0 Å². The third-order valence-electron chi connectivity index (χ3n) is 4.32. The summed E-state index contributed by atoms with van der Waals surface area (Å²) in [5.41, 5.74) is 2.35. The lowest BCUT2D eigenvalue weighted by molar-refractivity contribution is -0.147. The summed E-state index contributed by atoms with van der Waals surface area (Å²) in [4.78, 5) is 36.3. The topological polar surface area (TPSA) is 108 Å². The van der Waals surface area contributed by atoms with Crippen LogP contribution in [0.4, 0.5) is 5.82 Å². The minimum atomic E-state index is -0.730. The monoisotopic (exact) mass is 406 g/mol. The van der Waals surface area contributed by atoms with Crippen molar-refractivity contribution in [3.8, 4) is 5.69 Å². The maximum absolute atomic E-state index is 12.3. The van der Waals surface area contributed by atoms with Crippen molar-refractivity contribution in [3.05, 3.63) is 76.9 Å². The Balaban J connectivity index is 1.39. The van der Waals surface area contributed by atoms with Crippen molar-refractivity contribution >= 4 is 28.8 Å². The number of nitrogens with zero attached hydrogens (tertiary/aromatic N) is 3. The summed E-state index contributed by atoms with van der Waals surface area (Å²) in [5.74, 6) is -1.46. The number of anilines is 1. The van der Waals surface area contributed by atoms with Crippen LogP contribution < -0.4 is 11.1 Å². The number of esters is 1. The van der Waals surface area contributed by atoms with Crippen molar-refractivity contribution in [2.75, 3.05) is 11.9 Å². The van der Waals surface area contributed by atoms with E-state index in [1.807, 2.05) is 37.3 Å². The summed E-state index contributed by atoms with van der Waals surface area (Å²) < 4.78 is 12.8. The highest BCUT2D eigenvalue weighted by atomic mass is 16.5. The summed E-state index contributed by atoms with van der Waals surface area (Å²) >= 11 is 0. The minimum absolute atomic E-state index is 0.357. The fraction of sp³-hybridized carbons (Fsp3) is 0.143. The van der Waals surface area contributed by atoms with E-state index in [1.54, 1.807) is 35.0 Å². The predicted octanol–water partition coefficient (Wildman–Crippen LogP) is 2.27. The van der Waals surface area contributed by atoms with E-state index in [0.717, 1.165) is 15.9 Å². The molecule has 0 aliphatic rings. The van der Waals surface area contributed by atoms with Crippen molar-refractivity contribution in [3.63, 3.8) is 0 Å². The maximum atomic E-state index is 12.3. The average molecular weight is 406 g/mol. The van der Waals surface area contributed by atoms with E-state index in [2.05, 4.69) is 10.4 Å². The molecule has 1 N–H and O–H groups in total. The second-order valence-electron chi connectivity index (χ2n) is 6.55. The van der Waals surface area contributed by atoms with Gasteiger partial charge >= 0.3 is 11.7 Å². The summed E-state index contributed by atoms with van der Waals surface area (Å²) in [6.45, 7) is 0.953. The van der Waals surface area contributed by atoms with Gasteiger partial charge in [-0.3, -0.25) is 14.2 Å². The van der Waals surface area contributed by atoms with Crippen LogP contribution in [0.25, 0.3) is 16.8 Å². The van der Waals surface area contributed by atoms with E-state index in [4.69, 9.17) is 9.15 Å². The van der Waals surface area contributed by atoms with Crippen LogP contribution in [-0.4, -0.2) is 32.8 Å². The van der Waals surface area contributed by atoms with Gasteiger partial charge in [0.2, 0.25) is 0 Å². The molecule has 4 aromatic rings. The molecule has 9 nitrogen and oxygen atoms in total. The third kappa shape index (κ3) is 4.00. The van der Waals surface area contributed by atoms with Crippen LogP contribution in [0, 0.1) is 6.92 Å². The number of hydrogen-bond donors (Lipinski definition) is 1. The number of carbonyl (C=O) groups excluding carboxylic acids is 2. The number of nitrogens with one attached hydrogen (secondary N) is 1. The summed E-state index contributed by atoms with van der Waals surface area (Å²) in [6.07, 6.45) is 0. The van der Waals surface area contributed by atoms with Gasteiger partial charge in [-0.1, -0.05) is 30.3 Å². The number of hydrogen-bond acceptors (Lipinski definition) is 6. The Morgan fingerprint density at radius 2 is 1.83 bits per heavy atom. The first-order chi connectivity index (χ1) is 14.5. The van der Waals surface area contributed by atoms with E-state index in [0.29, 0.717) is 16.9 Å². The summed E-state index contributed by atoms with van der Waals surface area (Å²) in [5, 5.41) is 7.05. The van der Waals surface area contributed by atoms with Gasteiger partial charge < -0.3 is 14.5 Å². The molecule has 4 rings (SSSR count). The Kier molecular flexibility index (Phi) is 5.17. The molecule has 1 amide bonds. The van der Waals surface area contributed by atoms with Gasteiger partial charge in [-0.05, 0) is 31.2 Å². The lowest BCUT2D eigenvalue weighted by Gasteiger charge is -2.09. The zero-order valence-corrected chi connectivity index (χ0v) is 16.1. The lowest BCUT2D eigenvalue weighted by atomic mass is 10.3. The Morgan fingerprint density at radius 1 is 1.10 bits per heavy atom. The number of fused-ring (bicyclic) bond motifs is 1. The third-order valence-corrected chi connectivity index (χ3v) is 4.32. The zero-order valence-electron chi connectivity index (χ0n) is 16.1. The molecular formula is C21H18N4O5. The molecule has 2 aromatic carbocycles. The van der Waals surface area contributed by atoms with Gasteiger partial charge in [0, 0.05) is 6.07 Å². The van der Waals surface area contributed by atoms with Crippen molar-refractivity contribution in [1.82, 2.24) is 14.3 Å². The van der Waals surface area contributed by atoms with Crippen molar-refractivity contribution < 1.29 is 18.7 Å². The molecule has 30 heavy (non-hydrogen) atoms. The molecule has 0 aliphatic carbocycles. The van der Waals surface area contributed by atoms with Crippen LogP contribution in [0.2, 0.25) is 0 Å². The number of aromatic nitrogens is 3. The number of rotatable bonds is 6. The number of amides is 1. The second kappa shape index (κ2) is 8.08. The molecule has 0 bridgehead atoms. The predicted molar refractivity (Wildman–Crippen MR) is 108 cm³/mol. The van der Waals surface area contributed by atoms with Crippen LogP contribution in [0.1, 0.15) is 5.69 Å². The van der Waals surface area contributed by atoms with Gasteiger partial charge in [0.25, 0.3) is 5.91 Å². The minimum Gasteiger partial charge on any atom is -0.454 e. The highest BCUT2D eigenvalue weighted by Crippen LogP contribution is 2.17. The molecule has 9 heteroatoms. The number of aryl methyl sites for hydroxylation is 1. The second-order valence-corrected chi connectivity index (χ2v) is 6.55. The molecule has 0 unspecified atom stereocenters. The number of carbonyl (C=O) groups is 2. The molecule has 0 fully saturated rings. The van der Waals surface area contributed by atoms with Crippen LogP contribution in [0.5, 0.6) is 0 Å². The van der Waals surface area contributed by atoms with E-state index in [9.17, 15) is 14.4 Å². The summed E-state index contributed by atoms with van der Waals surface area (Å²) in [6, 6.07) is 17.8. The fourth-order valence-corrected chi connectivity index (χ4v) is 3.02. The SMILES string of the molecule is Cc1cc(NC(=O)COC(=O)Cn2c(=O)oc3ccccc32)n(-c2ccccc2)n1. The number of oxazole rings is 1. The maximum Gasteiger partial charge on any atom is 0.420 e. The Morgan fingerprint density at radius 3 is 2.63 bits per heavy atom. The highest BCUT2D eigenvalue weighted by Gasteiger charge is 2.16. The Bertz CT molecular complexity index is 1270. The smallest absolute Gasteiger partial charge is 0.420 e. The molecule has 0 saturated heterocycles. The summed E-state index contributed by atoms with van der Waals surface area (Å²) in [7, 11) is 0. The molecule has 0 spiro atoms. The van der Waals surface area contributed by atoms with E-state index in [-0.39, 0.29) is 6.54 Å². The van der Waals surface area contributed by atoms with Crippen molar-refractivity contribution in [2.45, 2.75) is 13.5 Å². The van der Waals surface area contributed by atoms with Gasteiger partial charge in [-0.15, -0.1) is 0 Å². The van der Waals surface area contributed by atoms with E-state index in [1.165, 1.54) is 0 Å². The highest BCUT2D eigenvalue weighted by molar-refractivity contribution is 5.92. The van der Waals surface area contributed by atoms with Crippen LogP contribution >= 0.6 is 0 Å². The number of ether oxygens (including phenoxy) is 1. The largest absolute Gasteiger partial charge is 0.454 e. The van der Waals surface area contributed by atoms with Gasteiger partial charge in [-0.2, -0.15) is 5.10 Å². The molecule has 0 atom stereocenters.